The molecule has 2 aromatic carbocycles. The monoisotopic (exact) mass is 388 g/mol. The molecular formula is C21H25FN2O4. The summed E-state index contributed by atoms with van der Waals surface area (Å²) in [5, 5.41) is 3.38. The van der Waals surface area contributed by atoms with E-state index in [2.05, 4.69) is 5.32 Å². The first-order chi connectivity index (χ1) is 13.7. The molecule has 7 heteroatoms. The highest BCUT2D eigenvalue weighted by molar-refractivity contribution is 5.67. The third kappa shape index (κ3) is 5.60. The van der Waals surface area contributed by atoms with Crippen LogP contribution in [0, 0.1) is 5.82 Å². The smallest absolute Gasteiger partial charge is 0.410 e. The van der Waals surface area contributed by atoms with Crippen LogP contribution in [0.3, 0.4) is 0 Å². The van der Waals surface area contributed by atoms with Crippen molar-refractivity contribution in [2.24, 2.45) is 0 Å². The van der Waals surface area contributed by atoms with Crippen LogP contribution in [0.25, 0.3) is 0 Å². The largest absolute Gasteiger partial charge is 0.493 e. The van der Waals surface area contributed by atoms with Gasteiger partial charge in [0, 0.05) is 31.7 Å². The van der Waals surface area contributed by atoms with E-state index in [4.69, 9.17) is 14.2 Å². The van der Waals surface area contributed by atoms with Gasteiger partial charge in [-0.2, -0.15) is 0 Å². The molecule has 0 saturated carbocycles. The molecule has 2 aromatic rings. The minimum atomic E-state index is -0.372. The van der Waals surface area contributed by atoms with Crippen molar-refractivity contribution in [2.45, 2.75) is 19.1 Å². The number of piperazine rings is 1. The second-order valence-corrected chi connectivity index (χ2v) is 6.57. The van der Waals surface area contributed by atoms with Crippen LogP contribution >= 0.6 is 0 Å². The second kappa shape index (κ2) is 9.94. The maximum absolute atomic E-state index is 13.2. The van der Waals surface area contributed by atoms with Gasteiger partial charge in [0.1, 0.15) is 12.4 Å². The standard InChI is InChI=1S/C21H25FN2O4/c1-26-20-13-17(22)7-8-19(20)27-12-9-18-14-24(11-10-23-18)21(25)28-15-16-5-3-2-4-6-16/h2-8,13,18,23H,9-12,14-15H2,1H3/t18-/m1/s1. The summed E-state index contributed by atoms with van der Waals surface area (Å²) in [5.41, 5.74) is 0.962. The predicted molar refractivity (Wildman–Crippen MR) is 103 cm³/mol. The summed E-state index contributed by atoms with van der Waals surface area (Å²) >= 11 is 0. The van der Waals surface area contributed by atoms with Gasteiger partial charge in [-0.1, -0.05) is 30.3 Å². The fraction of sp³-hybridized carbons (Fsp3) is 0.381. The number of ether oxygens (including phenoxy) is 3. The number of halogens is 1. The highest BCUT2D eigenvalue weighted by Crippen LogP contribution is 2.27. The lowest BCUT2D eigenvalue weighted by Gasteiger charge is -2.33. The Morgan fingerprint density at radius 2 is 2.04 bits per heavy atom. The number of rotatable bonds is 7. The molecule has 1 amide bonds. The quantitative estimate of drug-likeness (QED) is 0.789. The van der Waals surface area contributed by atoms with Crippen molar-refractivity contribution in [3.05, 3.63) is 59.9 Å². The first-order valence-electron chi connectivity index (χ1n) is 9.31. The molecule has 0 aliphatic carbocycles. The van der Waals surface area contributed by atoms with Gasteiger partial charge in [0.05, 0.1) is 13.7 Å². The molecule has 1 aliphatic rings. The summed E-state index contributed by atoms with van der Waals surface area (Å²) in [6, 6.07) is 13.9. The topological polar surface area (TPSA) is 60.0 Å². The maximum Gasteiger partial charge on any atom is 0.410 e. The average molecular weight is 388 g/mol. The number of benzene rings is 2. The van der Waals surface area contributed by atoms with Crippen LogP contribution in [0.1, 0.15) is 12.0 Å². The molecule has 6 nitrogen and oxygen atoms in total. The summed E-state index contributed by atoms with van der Waals surface area (Å²) in [6.45, 7) is 2.55. The Kier molecular flexibility index (Phi) is 7.08. The minimum absolute atomic E-state index is 0.101. The molecule has 0 spiro atoms. The number of nitrogens with zero attached hydrogens (tertiary/aromatic N) is 1. The zero-order valence-electron chi connectivity index (χ0n) is 15.9. The Morgan fingerprint density at radius 1 is 1.21 bits per heavy atom. The van der Waals surface area contributed by atoms with Gasteiger partial charge in [-0.25, -0.2) is 9.18 Å². The van der Waals surface area contributed by atoms with E-state index in [1.54, 1.807) is 11.0 Å². The molecule has 0 aromatic heterocycles. The summed E-state index contributed by atoms with van der Waals surface area (Å²) in [7, 11) is 1.48. The van der Waals surface area contributed by atoms with Crippen LogP contribution in [-0.4, -0.2) is 50.4 Å². The number of nitrogens with one attached hydrogen (secondary N) is 1. The lowest BCUT2D eigenvalue weighted by atomic mass is 10.1. The van der Waals surface area contributed by atoms with E-state index in [9.17, 15) is 9.18 Å². The first kappa shape index (κ1) is 19.9. The summed E-state index contributed by atoms with van der Waals surface area (Å²) < 4.78 is 29.5. The van der Waals surface area contributed by atoms with Crippen molar-refractivity contribution >= 4 is 6.09 Å². The van der Waals surface area contributed by atoms with E-state index in [0.717, 1.165) is 5.56 Å². The van der Waals surface area contributed by atoms with Gasteiger partial charge in [0.25, 0.3) is 0 Å². The van der Waals surface area contributed by atoms with Crippen LogP contribution in [0.15, 0.2) is 48.5 Å². The van der Waals surface area contributed by atoms with Gasteiger partial charge in [-0.05, 0) is 24.1 Å². The van der Waals surface area contributed by atoms with Crippen LogP contribution in [0.4, 0.5) is 9.18 Å². The SMILES string of the molecule is COc1cc(F)ccc1OCC[C@@H]1CN(C(=O)OCc2ccccc2)CCN1. The van der Waals surface area contributed by atoms with Crippen molar-refractivity contribution in [3.63, 3.8) is 0 Å². The number of carbonyl (C=O) groups is 1. The van der Waals surface area contributed by atoms with E-state index < -0.39 is 0 Å². The van der Waals surface area contributed by atoms with Crippen molar-refractivity contribution < 1.29 is 23.4 Å². The van der Waals surface area contributed by atoms with E-state index in [0.29, 0.717) is 44.2 Å². The van der Waals surface area contributed by atoms with Crippen molar-refractivity contribution in [2.75, 3.05) is 33.4 Å². The molecule has 1 heterocycles. The Balaban J connectivity index is 1.44. The molecule has 150 valence electrons. The molecule has 1 aliphatic heterocycles. The highest BCUT2D eigenvalue weighted by Gasteiger charge is 2.24. The molecule has 3 rings (SSSR count). The van der Waals surface area contributed by atoms with Gasteiger partial charge >= 0.3 is 6.09 Å². The van der Waals surface area contributed by atoms with Gasteiger partial charge in [0.2, 0.25) is 0 Å². The van der Waals surface area contributed by atoms with Crippen molar-refractivity contribution in [1.82, 2.24) is 10.2 Å². The maximum atomic E-state index is 13.2. The van der Waals surface area contributed by atoms with Gasteiger partial charge in [0.15, 0.2) is 11.5 Å². The number of carbonyl (C=O) groups excluding carboxylic acids is 1. The van der Waals surface area contributed by atoms with Crippen LogP contribution in [-0.2, 0) is 11.3 Å². The van der Waals surface area contributed by atoms with Crippen LogP contribution in [0.5, 0.6) is 11.5 Å². The molecule has 28 heavy (non-hydrogen) atoms. The average Bonchev–Trinajstić information content (AvgIpc) is 2.74. The molecule has 0 radical (unpaired) electrons. The molecular weight excluding hydrogens is 363 g/mol. The lowest BCUT2D eigenvalue weighted by molar-refractivity contribution is 0.0827. The number of hydrogen-bond donors (Lipinski definition) is 1. The van der Waals surface area contributed by atoms with Crippen LogP contribution in [0.2, 0.25) is 0 Å². The van der Waals surface area contributed by atoms with Crippen molar-refractivity contribution in [3.8, 4) is 11.5 Å². The Bertz CT molecular complexity index is 772. The fourth-order valence-corrected chi connectivity index (χ4v) is 3.07. The van der Waals surface area contributed by atoms with Gasteiger partial charge in [-0.3, -0.25) is 0 Å². The van der Waals surface area contributed by atoms with E-state index in [1.165, 1.54) is 19.2 Å². The zero-order valence-corrected chi connectivity index (χ0v) is 15.9. The Morgan fingerprint density at radius 3 is 2.82 bits per heavy atom. The Labute approximate surface area is 164 Å². The lowest BCUT2D eigenvalue weighted by Crippen LogP contribution is -2.53. The minimum Gasteiger partial charge on any atom is -0.493 e. The third-order valence-corrected chi connectivity index (χ3v) is 4.57. The molecule has 0 unspecified atom stereocenters. The van der Waals surface area contributed by atoms with E-state index in [1.807, 2.05) is 30.3 Å². The molecule has 1 atom stereocenters. The van der Waals surface area contributed by atoms with Gasteiger partial charge in [-0.15, -0.1) is 0 Å². The van der Waals surface area contributed by atoms with Crippen molar-refractivity contribution in [1.29, 1.82) is 0 Å². The summed E-state index contributed by atoms with van der Waals surface area (Å²) in [5.74, 6) is 0.490. The zero-order chi connectivity index (χ0) is 19.8. The molecule has 1 fully saturated rings. The Hall–Kier alpha value is -2.80. The summed E-state index contributed by atoms with van der Waals surface area (Å²) in [4.78, 5) is 14.0. The first-order valence-corrected chi connectivity index (χ1v) is 9.31. The number of hydrogen-bond acceptors (Lipinski definition) is 5. The number of methoxy groups -OCH3 is 1. The van der Waals surface area contributed by atoms with Crippen LogP contribution < -0.4 is 14.8 Å². The number of amides is 1. The van der Waals surface area contributed by atoms with E-state index >= 15 is 0 Å². The molecule has 1 N–H and O–H groups in total. The highest BCUT2D eigenvalue weighted by atomic mass is 19.1. The second-order valence-electron chi connectivity index (χ2n) is 6.57. The van der Waals surface area contributed by atoms with E-state index in [-0.39, 0.29) is 24.6 Å². The summed E-state index contributed by atoms with van der Waals surface area (Å²) in [6.07, 6.45) is 0.389. The third-order valence-electron chi connectivity index (χ3n) is 4.57. The normalized spacial score (nSPS) is 16.5. The fourth-order valence-electron chi connectivity index (χ4n) is 3.07. The predicted octanol–water partition coefficient (Wildman–Crippen LogP) is 3.21. The molecule has 1 saturated heterocycles. The van der Waals surface area contributed by atoms with Gasteiger partial charge < -0.3 is 24.4 Å². The molecule has 0 bridgehead atoms.